The first-order valence-corrected chi connectivity index (χ1v) is 13.0. The lowest BCUT2D eigenvalue weighted by atomic mass is 10.1. The molecule has 4 aromatic heterocycles. The van der Waals surface area contributed by atoms with Crippen LogP contribution in [0.3, 0.4) is 0 Å². The molecule has 11 heteroatoms. The van der Waals surface area contributed by atoms with Crippen LogP contribution in [0.1, 0.15) is 39.6 Å². The van der Waals surface area contributed by atoms with Crippen LogP contribution in [-0.4, -0.2) is 35.0 Å². The topological polar surface area (TPSA) is 133 Å². The lowest BCUT2D eigenvalue weighted by Crippen LogP contribution is -2.33. The van der Waals surface area contributed by atoms with Gasteiger partial charge in [-0.15, -0.1) is 16.4 Å². The highest BCUT2D eigenvalue weighted by Crippen LogP contribution is 2.23. The number of carbonyl (C=O) groups excluding carboxylic acids is 1. The molecule has 3 N–H and O–H groups in total. The first-order valence-electron chi connectivity index (χ1n) is 12.1. The Hall–Kier alpha value is -5.16. The molecule has 1 atom stereocenters. The van der Waals surface area contributed by atoms with Gasteiger partial charge in [0.15, 0.2) is 11.5 Å². The maximum Gasteiger partial charge on any atom is 0.266 e. The van der Waals surface area contributed by atoms with E-state index in [0.29, 0.717) is 28.1 Å². The molecule has 0 unspecified atom stereocenters. The van der Waals surface area contributed by atoms with Gasteiger partial charge in [0.25, 0.3) is 11.5 Å². The van der Waals surface area contributed by atoms with Crippen LogP contribution in [0.25, 0.3) is 34.4 Å². The normalized spacial score (nSPS) is 12.3. The summed E-state index contributed by atoms with van der Waals surface area (Å²) in [4.78, 5) is 41.7. The standard InChI is InChI=1S/C28H22N8O2S/c1-17(32-27(37)23-24(29)34-35-14-6-13-31-26(23)35)25-33-21-10-5-7-18(11-12-20-15-30-16-39-20)22(21)28(38)36(25)19-8-3-2-4-9-19/h2-17H,1H3,(H2,29,34)(H,32,37)/b12-11+/t17-/m1/s1. The minimum Gasteiger partial charge on any atom is -0.381 e. The van der Waals surface area contributed by atoms with E-state index >= 15 is 0 Å². The van der Waals surface area contributed by atoms with Crippen LogP contribution < -0.4 is 16.6 Å². The van der Waals surface area contributed by atoms with Gasteiger partial charge >= 0.3 is 0 Å². The third kappa shape index (κ3) is 4.44. The van der Waals surface area contributed by atoms with Crippen molar-refractivity contribution in [2.24, 2.45) is 0 Å². The van der Waals surface area contributed by atoms with E-state index in [1.165, 1.54) is 20.4 Å². The van der Waals surface area contributed by atoms with Crippen molar-refractivity contribution in [3.05, 3.63) is 111 Å². The molecule has 0 radical (unpaired) electrons. The van der Waals surface area contributed by atoms with Gasteiger partial charge in [0.2, 0.25) is 0 Å². The SMILES string of the molecule is C[C@@H](NC(=O)c1c(N)nn2cccnc12)c1nc2cccc(/C=C/c3cncs3)c2c(=O)n1-c1ccccc1. The molecule has 2 aromatic carbocycles. The third-order valence-corrected chi connectivity index (χ3v) is 6.97. The Morgan fingerprint density at radius 2 is 1.95 bits per heavy atom. The smallest absolute Gasteiger partial charge is 0.266 e. The van der Waals surface area contributed by atoms with E-state index in [1.54, 1.807) is 43.2 Å². The summed E-state index contributed by atoms with van der Waals surface area (Å²) in [5.74, 6) is -0.0368. The lowest BCUT2D eigenvalue weighted by molar-refractivity contribution is 0.0940. The minimum absolute atomic E-state index is 0.0580. The summed E-state index contributed by atoms with van der Waals surface area (Å²) < 4.78 is 2.99. The van der Waals surface area contributed by atoms with Gasteiger partial charge in [-0.2, -0.15) is 0 Å². The molecule has 4 heterocycles. The molecular weight excluding hydrogens is 512 g/mol. The van der Waals surface area contributed by atoms with Crippen LogP contribution in [0.2, 0.25) is 0 Å². The largest absolute Gasteiger partial charge is 0.381 e. The number of carbonyl (C=O) groups is 1. The number of nitrogens with two attached hydrogens (primary N) is 1. The van der Waals surface area contributed by atoms with Gasteiger partial charge in [0, 0.05) is 23.5 Å². The van der Waals surface area contributed by atoms with E-state index in [-0.39, 0.29) is 16.9 Å². The number of hydrogen-bond acceptors (Lipinski definition) is 8. The molecular formula is C28H22N8O2S. The Balaban J connectivity index is 1.47. The van der Waals surface area contributed by atoms with E-state index < -0.39 is 11.9 Å². The Morgan fingerprint density at radius 3 is 2.74 bits per heavy atom. The van der Waals surface area contributed by atoms with Gasteiger partial charge in [-0.3, -0.25) is 19.1 Å². The molecule has 10 nitrogen and oxygen atoms in total. The molecule has 1 amide bonds. The molecule has 0 spiro atoms. The van der Waals surface area contributed by atoms with Crippen LogP contribution in [-0.2, 0) is 0 Å². The fourth-order valence-electron chi connectivity index (χ4n) is 4.46. The first-order chi connectivity index (χ1) is 19.0. The summed E-state index contributed by atoms with van der Waals surface area (Å²) in [6, 6.07) is 15.8. The summed E-state index contributed by atoms with van der Waals surface area (Å²) in [7, 11) is 0. The number of anilines is 1. The van der Waals surface area contributed by atoms with E-state index in [1.807, 2.05) is 54.6 Å². The molecule has 0 bridgehead atoms. The Morgan fingerprint density at radius 1 is 1.10 bits per heavy atom. The van der Waals surface area contributed by atoms with Crippen molar-refractivity contribution in [3.8, 4) is 5.69 Å². The number of fused-ring (bicyclic) bond motifs is 2. The highest BCUT2D eigenvalue weighted by Gasteiger charge is 2.24. The number of amides is 1. The van der Waals surface area contributed by atoms with E-state index in [4.69, 9.17) is 10.7 Å². The summed E-state index contributed by atoms with van der Waals surface area (Å²) in [6.07, 6.45) is 8.80. The second-order valence-corrected chi connectivity index (χ2v) is 9.69. The average Bonchev–Trinajstić information content (AvgIpc) is 3.59. The van der Waals surface area contributed by atoms with Crippen molar-refractivity contribution in [1.29, 1.82) is 0 Å². The van der Waals surface area contributed by atoms with Crippen LogP contribution >= 0.6 is 11.3 Å². The van der Waals surface area contributed by atoms with Crippen molar-refractivity contribution in [2.45, 2.75) is 13.0 Å². The third-order valence-electron chi connectivity index (χ3n) is 6.23. The molecule has 192 valence electrons. The van der Waals surface area contributed by atoms with Gasteiger partial charge in [-0.25, -0.2) is 14.5 Å². The Kier molecular flexibility index (Phi) is 6.17. The highest BCUT2D eigenvalue weighted by molar-refractivity contribution is 7.10. The highest BCUT2D eigenvalue weighted by atomic mass is 32.1. The van der Waals surface area contributed by atoms with Crippen molar-refractivity contribution >= 4 is 51.8 Å². The van der Waals surface area contributed by atoms with E-state index in [0.717, 1.165) is 10.4 Å². The molecule has 0 aliphatic carbocycles. The lowest BCUT2D eigenvalue weighted by Gasteiger charge is -2.20. The van der Waals surface area contributed by atoms with Crippen molar-refractivity contribution in [2.75, 3.05) is 5.73 Å². The predicted octanol–water partition coefficient (Wildman–Crippen LogP) is 4.13. The Bertz CT molecular complexity index is 1910. The number of rotatable bonds is 6. The number of hydrogen-bond donors (Lipinski definition) is 2. The second kappa shape index (κ2) is 9.95. The fourth-order valence-corrected chi connectivity index (χ4v) is 4.98. The zero-order valence-electron chi connectivity index (χ0n) is 20.7. The van der Waals surface area contributed by atoms with Crippen LogP contribution in [0, 0.1) is 0 Å². The molecule has 6 aromatic rings. The molecule has 6 rings (SSSR count). The van der Waals surface area contributed by atoms with Crippen molar-refractivity contribution in [1.82, 2.24) is 34.4 Å². The Labute approximate surface area is 226 Å². The predicted molar refractivity (Wildman–Crippen MR) is 152 cm³/mol. The summed E-state index contributed by atoms with van der Waals surface area (Å²) >= 11 is 1.51. The zero-order valence-corrected chi connectivity index (χ0v) is 21.5. The number of aromatic nitrogens is 6. The van der Waals surface area contributed by atoms with Gasteiger partial charge in [0.05, 0.1) is 28.1 Å². The molecule has 0 aliphatic heterocycles. The summed E-state index contributed by atoms with van der Waals surface area (Å²) in [5.41, 5.74) is 9.94. The number of thiazole rings is 1. The molecule has 0 saturated carbocycles. The number of para-hydroxylation sites is 1. The zero-order chi connectivity index (χ0) is 26.9. The molecule has 0 saturated heterocycles. The number of nitrogen functional groups attached to an aromatic ring is 1. The molecule has 0 fully saturated rings. The maximum absolute atomic E-state index is 14.1. The van der Waals surface area contributed by atoms with Crippen LogP contribution in [0.15, 0.2) is 83.5 Å². The van der Waals surface area contributed by atoms with Crippen LogP contribution in [0.4, 0.5) is 5.82 Å². The van der Waals surface area contributed by atoms with E-state index in [2.05, 4.69) is 20.4 Å². The van der Waals surface area contributed by atoms with Gasteiger partial charge < -0.3 is 11.1 Å². The average molecular weight is 535 g/mol. The number of nitrogens with zero attached hydrogens (tertiary/aromatic N) is 6. The van der Waals surface area contributed by atoms with Crippen LogP contribution in [0.5, 0.6) is 0 Å². The monoisotopic (exact) mass is 534 g/mol. The number of nitrogens with one attached hydrogen (secondary N) is 1. The summed E-state index contributed by atoms with van der Waals surface area (Å²) in [6.45, 7) is 1.77. The summed E-state index contributed by atoms with van der Waals surface area (Å²) in [5, 5.41) is 7.58. The van der Waals surface area contributed by atoms with Gasteiger partial charge in [-0.05, 0) is 42.8 Å². The van der Waals surface area contributed by atoms with Crippen molar-refractivity contribution in [3.63, 3.8) is 0 Å². The molecule has 0 aliphatic rings. The first kappa shape index (κ1) is 24.2. The quantitative estimate of drug-likeness (QED) is 0.328. The second-order valence-electron chi connectivity index (χ2n) is 8.77. The van der Waals surface area contributed by atoms with Gasteiger partial charge in [0.1, 0.15) is 11.4 Å². The van der Waals surface area contributed by atoms with Gasteiger partial charge in [-0.1, -0.05) is 36.4 Å². The van der Waals surface area contributed by atoms with Crippen molar-refractivity contribution < 1.29 is 4.79 Å². The minimum atomic E-state index is -0.663. The fraction of sp³-hybridized carbons (Fsp3) is 0.0714. The maximum atomic E-state index is 14.1. The number of benzene rings is 2. The molecule has 39 heavy (non-hydrogen) atoms. The van der Waals surface area contributed by atoms with E-state index in [9.17, 15) is 9.59 Å².